The largest absolute Gasteiger partial charge is 0.435 e. The van der Waals surface area contributed by atoms with Gasteiger partial charge in [0.05, 0.1) is 6.26 Å². The summed E-state index contributed by atoms with van der Waals surface area (Å²) in [5, 5.41) is 0. The smallest absolute Gasteiger partial charge is 0.310 e. The molecule has 0 amide bonds. The summed E-state index contributed by atoms with van der Waals surface area (Å²) in [4.78, 5) is 10.7. The van der Waals surface area contributed by atoms with Gasteiger partial charge < -0.3 is 4.74 Å². The minimum absolute atomic E-state index is 0.158. The maximum Gasteiger partial charge on any atom is 0.310 e. The highest BCUT2D eigenvalue weighted by Gasteiger charge is 1.92. The molecule has 2 nitrogen and oxygen atoms in total. The van der Waals surface area contributed by atoms with E-state index in [1.165, 1.54) is 44.8 Å². The zero-order valence-electron chi connectivity index (χ0n) is 10.1. The van der Waals surface area contributed by atoms with Gasteiger partial charge in [-0.2, -0.15) is 0 Å². The molecule has 0 aliphatic heterocycles. The van der Waals surface area contributed by atoms with Gasteiger partial charge >= 0.3 is 5.97 Å². The molecular weight excluding hydrogens is 188 g/mol. The average molecular weight is 212 g/mol. The van der Waals surface area contributed by atoms with Crippen LogP contribution in [0.15, 0.2) is 12.3 Å². The Morgan fingerprint density at radius 3 is 2.40 bits per heavy atom. The average Bonchev–Trinajstić information content (AvgIpc) is 2.26. The van der Waals surface area contributed by atoms with Gasteiger partial charge in [0.15, 0.2) is 0 Å². The third-order valence-electron chi connectivity index (χ3n) is 2.31. The van der Waals surface area contributed by atoms with E-state index >= 15 is 0 Å². The lowest BCUT2D eigenvalue weighted by Crippen LogP contribution is -1.95. The Morgan fingerprint density at radius 1 is 1.07 bits per heavy atom. The molecule has 0 aliphatic rings. The molecule has 2 heteroatoms. The van der Waals surface area contributed by atoms with Gasteiger partial charge in [-0.25, -0.2) is 0 Å². The summed E-state index contributed by atoms with van der Waals surface area (Å²) in [6, 6.07) is 0. The molecule has 0 atom stereocenters. The highest BCUT2D eigenvalue weighted by molar-refractivity contribution is 5.69. The molecule has 0 fully saturated rings. The summed E-state index contributed by atoms with van der Waals surface area (Å²) in [5.74, 6) is -0.158. The topological polar surface area (TPSA) is 26.3 Å². The van der Waals surface area contributed by atoms with Crippen LogP contribution in [0.4, 0.5) is 0 Å². The number of unbranched alkanes of at least 4 members (excludes halogenated alkanes) is 6. The van der Waals surface area contributed by atoms with Crippen LogP contribution in [0.5, 0.6) is 0 Å². The van der Waals surface area contributed by atoms with Gasteiger partial charge in [0.1, 0.15) is 0 Å². The number of allylic oxidation sites excluding steroid dienone is 1. The van der Waals surface area contributed by atoms with Crippen LogP contribution in [0.2, 0.25) is 0 Å². The van der Waals surface area contributed by atoms with Crippen LogP contribution in [0.1, 0.15) is 65.2 Å². The molecule has 0 aromatic rings. The van der Waals surface area contributed by atoms with Crippen molar-refractivity contribution in [2.45, 2.75) is 65.2 Å². The Labute approximate surface area is 93.7 Å². The molecule has 0 radical (unpaired) electrons. The van der Waals surface area contributed by atoms with Crippen molar-refractivity contribution in [2.75, 3.05) is 0 Å². The normalized spacial score (nSPS) is 10.8. The van der Waals surface area contributed by atoms with E-state index in [1.807, 2.05) is 6.08 Å². The molecule has 0 aliphatic carbocycles. The van der Waals surface area contributed by atoms with E-state index in [0.717, 1.165) is 6.42 Å². The van der Waals surface area contributed by atoms with E-state index in [-0.39, 0.29) is 5.97 Å². The summed E-state index contributed by atoms with van der Waals surface area (Å²) in [6.07, 6.45) is 12.7. The van der Waals surface area contributed by atoms with Crippen LogP contribution in [0.3, 0.4) is 0 Å². The van der Waals surface area contributed by atoms with Crippen LogP contribution in [0.25, 0.3) is 0 Å². The van der Waals surface area contributed by atoms with Crippen LogP contribution >= 0.6 is 0 Å². The first-order valence-electron chi connectivity index (χ1n) is 6.15. The lowest BCUT2D eigenvalue weighted by molar-refractivity contribution is -0.137. The van der Waals surface area contributed by atoms with Gasteiger partial charge in [0, 0.05) is 6.42 Å². The fourth-order valence-electron chi connectivity index (χ4n) is 1.32. The zero-order valence-corrected chi connectivity index (χ0v) is 10.1. The summed E-state index contributed by atoms with van der Waals surface area (Å²) in [5.41, 5.74) is 0. The number of rotatable bonds is 9. The van der Waals surface area contributed by atoms with E-state index in [1.54, 1.807) is 6.92 Å². The Balaban J connectivity index is 3.13. The van der Waals surface area contributed by atoms with Crippen molar-refractivity contribution in [1.29, 1.82) is 0 Å². The van der Waals surface area contributed by atoms with E-state index in [4.69, 9.17) is 4.74 Å². The van der Waals surface area contributed by atoms with E-state index in [2.05, 4.69) is 6.92 Å². The number of carbonyl (C=O) groups is 1. The molecule has 0 saturated heterocycles. The molecule has 0 saturated carbocycles. The van der Waals surface area contributed by atoms with Crippen molar-refractivity contribution < 1.29 is 9.53 Å². The molecular formula is C13H24O2. The first kappa shape index (κ1) is 14.2. The van der Waals surface area contributed by atoms with Crippen molar-refractivity contribution >= 4 is 5.97 Å². The van der Waals surface area contributed by atoms with Gasteiger partial charge in [0.2, 0.25) is 0 Å². The predicted molar refractivity (Wildman–Crippen MR) is 63.5 cm³/mol. The van der Waals surface area contributed by atoms with Crippen LogP contribution < -0.4 is 0 Å². The second-order valence-electron chi connectivity index (χ2n) is 3.77. The summed E-state index contributed by atoms with van der Waals surface area (Å²) < 4.78 is 4.82. The molecule has 0 aromatic carbocycles. The second kappa shape index (κ2) is 11.3. The molecule has 0 aromatic heterocycles. The predicted octanol–water partition coefficient (Wildman–Crippen LogP) is 4.20. The Hall–Kier alpha value is -0.790. The first-order chi connectivity index (χ1) is 7.31. The van der Waals surface area contributed by atoms with E-state index in [9.17, 15) is 4.79 Å². The maximum absolute atomic E-state index is 10.7. The number of ether oxygens (including phenoxy) is 1. The first-order valence-corrected chi connectivity index (χ1v) is 6.15. The highest BCUT2D eigenvalue weighted by Crippen LogP contribution is 2.07. The standard InChI is InChI=1S/C13H24O2/c1-3-5-6-7-8-9-10-11-12-15-13(14)4-2/h11-12H,3-10H2,1-2H3. The third kappa shape index (κ3) is 11.1. The van der Waals surface area contributed by atoms with Crippen molar-refractivity contribution in [2.24, 2.45) is 0 Å². The van der Waals surface area contributed by atoms with Crippen LogP contribution in [-0.2, 0) is 9.53 Å². The lowest BCUT2D eigenvalue weighted by Gasteiger charge is -1.97. The van der Waals surface area contributed by atoms with Crippen molar-refractivity contribution in [3.8, 4) is 0 Å². The SMILES string of the molecule is CCCCCCCCC=COC(=O)CC. The summed E-state index contributed by atoms with van der Waals surface area (Å²) >= 11 is 0. The number of hydrogen-bond donors (Lipinski definition) is 0. The Bertz CT molecular complexity index is 173. The third-order valence-corrected chi connectivity index (χ3v) is 2.31. The molecule has 0 unspecified atom stereocenters. The van der Waals surface area contributed by atoms with Crippen LogP contribution in [-0.4, -0.2) is 5.97 Å². The molecule has 0 spiro atoms. The van der Waals surface area contributed by atoms with Gasteiger partial charge in [0.25, 0.3) is 0 Å². The fraction of sp³-hybridized carbons (Fsp3) is 0.769. The monoisotopic (exact) mass is 212 g/mol. The molecule has 15 heavy (non-hydrogen) atoms. The molecule has 0 N–H and O–H groups in total. The fourth-order valence-corrected chi connectivity index (χ4v) is 1.32. The van der Waals surface area contributed by atoms with Crippen molar-refractivity contribution in [3.63, 3.8) is 0 Å². The maximum atomic E-state index is 10.7. The van der Waals surface area contributed by atoms with Gasteiger partial charge in [-0.15, -0.1) is 0 Å². The summed E-state index contributed by atoms with van der Waals surface area (Å²) in [6.45, 7) is 4.02. The minimum atomic E-state index is -0.158. The molecule has 0 rings (SSSR count). The van der Waals surface area contributed by atoms with Gasteiger partial charge in [-0.1, -0.05) is 46.0 Å². The van der Waals surface area contributed by atoms with Crippen molar-refractivity contribution in [3.05, 3.63) is 12.3 Å². The number of hydrogen-bond acceptors (Lipinski definition) is 2. The zero-order chi connectivity index (χ0) is 11.4. The van der Waals surface area contributed by atoms with Crippen molar-refractivity contribution in [1.82, 2.24) is 0 Å². The van der Waals surface area contributed by atoms with Crippen LogP contribution in [0, 0.1) is 0 Å². The quantitative estimate of drug-likeness (QED) is 0.325. The minimum Gasteiger partial charge on any atom is -0.435 e. The molecule has 0 heterocycles. The molecule has 0 bridgehead atoms. The van der Waals surface area contributed by atoms with E-state index in [0.29, 0.717) is 6.42 Å². The summed E-state index contributed by atoms with van der Waals surface area (Å²) in [7, 11) is 0. The molecule has 88 valence electrons. The van der Waals surface area contributed by atoms with E-state index < -0.39 is 0 Å². The number of carbonyl (C=O) groups excluding carboxylic acids is 1. The van der Waals surface area contributed by atoms with Gasteiger partial charge in [-0.3, -0.25) is 4.79 Å². The highest BCUT2D eigenvalue weighted by atomic mass is 16.5. The van der Waals surface area contributed by atoms with Gasteiger partial charge in [-0.05, 0) is 18.9 Å². The second-order valence-corrected chi connectivity index (χ2v) is 3.77. The Morgan fingerprint density at radius 2 is 1.73 bits per heavy atom. The Kier molecular flexibility index (Phi) is 10.7. The lowest BCUT2D eigenvalue weighted by atomic mass is 10.1. The number of esters is 1.